The molecule has 2 aliphatic rings. The number of aromatic nitrogens is 4. The van der Waals surface area contributed by atoms with Gasteiger partial charge >= 0.3 is 6.09 Å². The van der Waals surface area contributed by atoms with Gasteiger partial charge in [0, 0.05) is 26.2 Å². The second kappa shape index (κ2) is 14.9. The monoisotopic (exact) mass is 680 g/mol. The van der Waals surface area contributed by atoms with Crippen molar-refractivity contribution in [1.29, 1.82) is 0 Å². The lowest BCUT2D eigenvalue weighted by Gasteiger charge is -2.33. The van der Waals surface area contributed by atoms with Crippen LogP contribution in [0.1, 0.15) is 77.1 Å². The standard InChI is InChI=1S/C38H48N8O4/c1-23(2)34(44(5)38(49)50)37(48)46-19-7-9-32(46)36-41-21-30(43-36)28-16-12-26(13-17-28)25-10-14-27(15-11-25)29-20-40-35(42-29)31-8-6-18-45(31)33(47)22-39-24(3)4/h10-17,20-21,23-24,31-32,34,39H,6-9,18-19,22H2,1-5H3,(H,40,42)(H,41,43)(H,49,50)/t31-,32-,34-/m0/s1. The number of carboxylic acid groups (broad SMARTS) is 1. The van der Waals surface area contributed by atoms with Crippen molar-refractivity contribution in [2.45, 2.75) is 77.5 Å². The molecular weight excluding hydrogens is 632 g/mol. The van der Waals surface area contributed by atoms with E-state index in [1.165, 1.54) is 7.05 Å². The number of nitrogens with one attached hydrogen (secondary N) is 3. The summed E-state index contributed by atoms with van der Waals surface area (Å²) in [6.07, 6.45) is 6.00. The van der Waals surface area contributed by atoms with E-state index in [9.17, 15) is 19.5 Å². The first-order valence-corrected chi connectivity index (χ1v) is 17.6. The largest absolute Gasteiger partial charge is 0.465 e. The Hall–Kier alpha value is -4.97. The number of rotatable bonds is 11. The van der Waals surface area contributed by atoms with Crippen LogP contribution in [-0.2, 0) is 9.59 Å². The zero-order valence-electron chi connectivity index (χ0n) is 29.5. The van der Waals surface area contributed by atoms with Crippen LogP contribution in [0.5, 0.6) is 0 Å². The summed E-state index contributed by atoms with van der Waals surface area (Å²) in [5.41, 5.74) is 5.96. The van der Waals surface area contributed by atoms with E-state index in [-0.39, 0.29) is 35.9 Å². The zero-order valence-corrected chi connectivity index (χ0v) is 29.5. The minimum absolute atomic E-state index is 0.0309. The molecule has 2 saturated heterocycles. The SMILES string of the molecule is CC(C)NCC(=O)N1CCC[C@H]1c1ncc(-c2ccc(-c3ccc(-c4cnc([C@@H]5CCCN5C(=O)[C@H](C(C)C)N(C)C(=O)O)[nH]4)cc3)cc2)[nH]1. The maximum atomic E-state index is 13.6. The predicted octanol–water partition coefficient (Wildman–Crippen LogP) is 6.09. The van der Waals surface area contributed by atoms with Crippen molar-refractivity contribution in [1.82, 2.24) is 40.0 Å². The molecule has 4 heterocycles. The fourth-order valence-corrected chi connectivity index (χ4v) is 7.23. The van der Waals surface area contributed by atoms with Crippen LogP contribution >= 0.6 is 0 Å². The molecule has 2 aromatic heterocycles. The van der Waals surface area contributed by atoms with Crippen molar-refractivity contribution in [3.63, 3.8) is 0 Å². The Morgan fingerprint density at radius 3 is 1.72 bits per heavy atom. The van der Waals surface area contributed by atoms with Gasteiger partial charge in [-0.05, 0) is 53.9 Å². The highest BCUT2D eigenvalue weighted by Gasteiger charge is 2.39. The summed E-state index contributed by atoms with van der Waals surface area (Å²) in [5.74, 6) is 1.31. The summed E-state index contributed by atoms with van der Waals surface area (Å²) < 4.78 is 0. The first kappa shape index (κ1) is 34.9. The van der Waals surface area contributed by atoms with Gasteiger partial charge in [-0.1, -0.05) is 76.2 Å². The van der Waals surface area contributed by atoms with E-state index in [0.717, 1.165) is 76.6 Å². The molecule has 0 bridgehead atoms. The molecule has 50 heavy (non-hydrogen) atoms. The lowest BCUT2D eigenvalue weighted by Crippen LogP contribution is -2.51. The molecule has 264 valence electrons. The molecule has 12 nitrogen and oxygen atoms in total. The fraction of sp³-hybridized carbons (Fsp3) is 0.447. The van der Waals surface area contributed by atoms with E-state index in [1.807, 2.05) is 38.8 Å². The summed E-state index contributed by atoms with van der Waals surface area (Å²) in [5, 5.41) is 12.8. The van der Waals surface area contributed by atoms with Gasteiger partial charge in [0.05, 0.1) is 42.4 Å². The lowest BCUT2D eigenvalue weighted by atomic mass is 10.0. The Morgan fingerprint density at radius 2 is 1.26 bits per heavy atom. The van der Waals surface area contributed by atoms with Crippen LogP contribution in [0.4, 0.5) is 4.79 Å². The van der Waals surface area contributed by atoms with Crippen molar-refractivity contribution < 1.29 is 19.5 Å². The van der Waals surface area contributed by atoms with Gasteiger partial charge in [0.15, 0.2) is 0 Å². The van der Waals surface area contributed by atoms with Crippen molar-refractivity contribution in [2.24, 2.45) is 5.92 Å². The summed E-state index contributed by atoms with van der Waals surface area (Å²) in [7, 11) is 1.45. The predicted molar refractivity (Wildman–Crippen MR) is 192 cm³/mol. The van der Waals surface area contributed by atoms with Crippen LogP contribution in [0.2, 0.25) is 0 Å². The minimum Gasteiger partial charge on any atom is -0.465 e. The normalized spacial score (nSPS) is 18.3. The molecule has 4 N–H and O–H groups in total. The second-order valence-electron chi connectivity index (χ2n) is 14.1. The highest BCUT2D eigenvalue weighted by atomic mass is 16.4. The molecule has 3 amide bonds. The molecule has 0 radical (unpaired) electrons. The van der Waals surface area contributed by atoms with Gasteiger partial charge in [-0.2, -0.15) is 0 Å². The average Bonchev–Trinajstić information content (AvgIpc) is 3.93. The summed E-state index contributed by atoms with van der Waals surface area (Å²) >= 11 is 0. The highest BCUT2D eigenvalue weighted by Crippen LogP contribution is 2.35. The van der Waals surface area contributed by atoms with E-state index in [0.29, 0.717) is 18.9 Å². The third-order valence-corrected chi connectivity index (χ3v) is 9.92. The number of nitrogens with zero attached hydrogens (tertiary/aromatic N) is 5. The van der Waals surface area contributed by atoms with Crippen LogP contribution in [0.3, 0.4) is 0 Å². The van der Waals surface area contributed by atoms with Gasteiger partial charge in [-0.25, -0.2) is 14.8 Å². The number of hydrogen-bond donors (Lipinski definition) is 4. The van der Waals surface area contributed by atoms with Gasteiger partial charge < -0.3 is 30.2 Å². The van der Waals surface area contributed by atoms with Crippen LogP contribution in [0.15, 0.2) is 60.9 Å². The van der Waals surface area contributed by atoms with Gasteiger partial charge in [-0.3, -0.25) is 14.5 Å². The number of carbonyl (C=O) groups is 3. The van der Waals surface area contributed by atoms with Crippen LogP contribution in [-0.4, -0.2) is 96.4 Å². The number of imidazole rings is 2. The highest BCUT2D eigenvalue weighted by molar-refractivity contribution is 5.86. The van der Waals surface area contributed by atoms with Crippen molar-refractivity contribution in [3.05, 3.63) is 72.6 Å². The molecular formula is C38H48N8O4. The van der Waals surface area contributed by atoms with E-state index in [4.69, 9.17) is 0 Å². The quantitative estimate of drug-likeness (QED) is 0.150. The minimum atomic E-state index is -1.12. The van der Waals surface area contributed by atoms with Crippen molar-refractivity contribution >= 4 is 17.9 Å². The van der Waals surface area contributed by atoms with E-state index in [2.05, 4.69) is 73.8 Å². The number of carbonyl (C=O) groups excluding carboxylic acids is 2. The molecule has 4 aromatic rings. The molecule has 2 aliphatic heterocycles. The molecule has 0 saturated carbocycles. The maximum absolute atomic E-state index is 13.6. The number of likely N-dealkylation sites (tertiary alicyclic amines) is 2. The second-order valence-corrected chi connectivity index (χ2v) is 14.1. The molecule has 0 spiro atoms. The Labute approximate surface area is 293 Å². The number of likely N-dealkylation sites (N-methyl/N-ethyl adjacent to an activating group) is 1. The van der Waals surface area contributed by atoms with Gasteiger partial charge in [0.25, 0.3) is 0 Å². The third kappa shape index (κ3) is 7.30. The Bertz CT molecular complexity index is 1800. The maximum Gasteiger partial charge on any atom is 0.407 e. The molecule has 6 rings (SSSR count). The first-order valence-electron chi connectivity index (χ1n) is 17.6. The average molecular weight is 681 g/mol. The van der Waals surface area contributed by atoms with Crippen LogP contribution in [0.25, 0.3) is 33.6 Å². The van der Waals surface area contributed by atoms with Crippen LogP contribution < -0.4 is 5.32 Å². The molecule has 12 heteroatoms. The fourth-order valence-electron chi connectivity index (χ4n) is 7.23. The molecule has 2 aromatic carbocycles. The Morgan fingerprint density at radius 1 is 0.800 bits per heavy atom. The molecule has 0 unspecified atom stereocenters. The Balaban J connectivity index is 1.11. The smallest absolute Gasteiger partial charge is 0.407 e. The topological polar surface area (TPSA) is 151 Å². The lowest BCUT2D eigenvalue weighted by molar-refractivity contribution is -0.138. The van der Waals surface area contributed by atoms with Crippen molar-refractivity contribution in [2.75, 3.05) is 26.7 Å². The van der Waals surface area contributed by atoms with E-state index < -0.39 is 12.1 Å². The number of H-pyrrole nitrogens is 2. The van der Waals surface area contributed by atoms with Gasteiger partial charge in [-0.15, -0.1) is 0 Å². The number of hydrogen-bond acceptors (Lipinski definition) is 6. The third-order valence-electron chi connectivity index (χ3n) is 9.92. The summed E-state index contributed by atoms with van der Waals surface area (Å²) in [6, 6.07) is 15.9. The zero-order chi connectivity index (χ0) is 35.5. The molecule has 0 aliphatic carbocycles. The van der Waals surface area contributed by atoms with Crippen molar-refractivity contribution in [3.8, 4) is 33.6 Å². The molecule has 2 fully saturated rings. The molecule has 3 atom stereocenters. The summed E-state index contributed by atoms with van der Waals surface area (Å²) in [6.45, 7) is 9.47. The first-order chi connectivity index (χ1) is 24.0. The number of benzene rings is 2. The summed E-state index contributed by atoms with van der Waals surface area (Å²) in [4.78, 5) is 59.1. The van der Waals surface area contributed by atoms with E-state index >= 15 is 0 Å². The van der Waals surface area contributed by atoms with E-state index in [1.54, 1.807) is 11.1 Å². The number of amides is 3. The van der Waals surface area contributed by atoms with Gasteiger partial charge in [0.1, 0.15) is 17.7 Å². The Kier molecular flexibility index (Phi) is 10.4. The van der Waals surface area contributed by atoms with Gasteiger partial charge in [0.2, 0.25) is 11.8 Å². The number of aromatic amines is 2. The van der Waals surface area contributed by atoms with Crippen LogP contribution in [0, 0.1) is 5.92 Å².